The molecule has 0 atom stereocenters. The molecule has 0 unspecified atom stereocenters. The molecule has 0 bridgehead atoms. The third kappa shape index (κ3) is 3.23. The van der Waals surface area contributed by atoms with Crippen molar-refractivity contribution in [2.45, 2.75) is 25.7 Å². The summed E-state index contributed by atoms with van der Waals surface area (Å²) in [5.41, 5.74) is 0. The van der Waals surface area contributed by atoms with Gasteiger partial charge in [0.1, 0.15) is 5.78 Å². The number of piperidine rings is 1. The highest BCUT2D eigenvalue weighted by atomic mass is 79.9. The summed E-state index contributed by atoms with van der Waals surface area (Å²) in [5, 5.41) is 4.21. The minimum absolute atomic E-state index is 0.352. The molecule has 0 saturated carbocycles. The molecule has 0 spiro atoms. The van der Waals surface area contributed by atoms with Crippen LogP contribution in [0.4, 0.5) is 0 Å². The number of carbonyl (C=O) groups is 1. The third-order valence-electron chi connectivity index (χ3n) is 2.35. The van der Waals surface area contributed by atoms with Crippen molar-refractivity contribution in [2.75, 3.05) is 18.4 Å². The molecule has 0 aromatic heterocycles. The molecule has 3 heteroatoms. The van der Waals surface area contributed by atoms with Gasteiger partial charge in [0.25, 0.3) is 0 Å². The van der Waals surface area contributed by atoms with Crippen molar-refractivity contribution in [3.05, 3.63) is 0 Å². The van der Waals surface area contributed by atoms with E-state index in [1.54, 1.807) is 0 Å². The number of Topliss-reactive ketones (excluding diaryl/α,β-unsaturated/α-hetero) is 1. The molecule has 0 amide bonds. The summed E-state index contributed by atoms with van der Waals surface area (Å²) in [6.07, 6.45) is 3.83. The first-order valence-corrected chi connectivity index (χ1v) is 5.76. The number of hydrogen-bond acceptors (Lipinski definition) is 2. The van der Waals surface area contributed by atoms with E-state index in [0.717, 1.165) is 44.1 Å². The largest absolute Gasteiger partial charge is 0.317 e. The van der Waals surface area contributed by atoms with E-state index >= 15 is 0 Å². The van der Waals surface area contributed by atoms with Crippen molar-refractivity contribution >= 4 is 21.7 Å². The Bertz CT molecular complexity index is 143. The standard InChI is InChI=1S/C9H16BrNO/c10-5-1-2-9(12)8-3-6-11-7-4-8/h8,11H,1-7H2. The lowest BCUT2D eigenvalue weighted by molar-refractivity contribution is -0.123. The molecule has 70 valence electrons. The summed E-state index contributed by atoms with van der Waals surface area (Å²) >= 11 is 3.34. The van der Waals surface area contributed by atoms with Crippen LogP contribution in [0.15, 0.2) is 0 Å². The quantitative estimate of drug-likeness (QED) is 0.750. The second kappa shape index (κ2) is 5.70. The van der Waals surface area contributed by atoms with E-state index in [4.69, 9.17) is 0 Å². The van der Waals surface area contributed by atoms with E-state index in [0.29, 0.717) is 11.7 Å². The van der Waals surface area contributed by atoms with E-state index in [1.165, 1.54) is 0 Å². The van der Waals surface area contributed by atoms with Gasteiger partial charge in [-0.05, 0) is 32.4 Å². The van der Waals surface area contributed by atoms with Crippen LogP contribution in [0.3, 0.4) is 0 Å². The summed E-state index contributed by atoms with van der Waals surface area (Å²) in [6, 6.07) is 0. The molecule has 1 saturated heterocycles. The predicted octanol–water partition coefficient (Wildman–Crippen LogP) is 1.73. The monoisotopic (exact) mass is 233 g/mol. The van der Waals surface area contributed by atoms with E-state index in [1.807, 2.05) is 0 Å². The van der Waals surface area contributed by atoms with Gasteiger partial charge in [0.2, 0.25) is 0 Å². The van der Waals surface area contributed by atoms with Gasteiger partial charge in [0.15, 0.2) is 0 Å². The molecule has 1 heterocycles. The summed E-state index contributed by atoms with van der Waals surface area (Å²) in [6.45, 7) is 2.04. The number of carbonyl (C=O) groups excluding carboxylic acids is 1. The highest BCUT2D eigenvalue weighted by Crippen LogP contribution is 2.15. The van der Waals surface area contributed by atoms with Gasteiger partial charge in [-0.3, -0.25) is 4.79 Å². The number of nitrogens with one attached hydrogen (secondary N) is 1. The van der Waals surface area contributed by atoms with Crippen molar-refractivity contribution in [2.24, 2.45) is 5.92 Å². The second-order valence-electron chi connectivity index (χ2n) is 3.28. The zero-order valence-electron chi connectivity index (χ0n) is 7.31. The summed E-state index contributed by atoms with van der Waals surface area (Å²) in [7, 11) is 0. The normalized spacial score (nSPS) is 19.4. The number of rotatable bonds is 4. The smallest absolute Gasteiger partial charge is 0.136 e. The minimum Gasteiger partial charge on any atom is -0.317 e. The Morgan fingerprint density at radius 2 is 2.08 bits per heavy atom. The van der Waals surface area contributed by atoms with E-state index in [2.05, 4.69) is 21.2 Å². The lowest BCUT2D eigenvalue weighted by atomic mass is 9.91. The molecule has 1 N–H and O–H groups in total. The van der Waals surface area contributed by atoms with Gasteiger partial charge in [-0.15, -0.1) is 0 Å². The molecule has 1 fully saturated rings. The van der Waals surface area contributed by atoms with E-state index in [9.17, 15) is 4.79 Å². The molecule has 1 rings (SSSR count). The molecular formula is C9H16BrNO. The Labute approximate surface area is 82.2 Å². The van der Waals surface area contributed by atoms with Gasteiger partial charge in [0, 0.05) is 17.7 Å². The summed E-state index contributed by atoms with van der Waals surface area (Å²) in [4.78, 5) is 11.5. The van der Waals surface area contributed by atoms with Gasteiger partial charge in [0.05, 0.1) is 0 Å². The summed E-state index contributed by atoms with van der Waals surface area (Å²) < 4.78 is 0. The van der Waals surface area contributed by atoms with Crippen LogP contribution >= 0.6 is 15.9 Å². The van der Waals surface area contributed by atoms with Crippen LogP contribution in [0.25, 0.3) is 0 Å². The predicted molar refractivity (Wildman–Crippen MR) is 53.6 cm³/mol. The van der Waals surface area contributed by atoms with E-state index in [-0.39, 0.29) is 0 Å². The summed E-state index contributed by atoms with van der Waals surface area (Å²) in [5.74, 6) is 0.821. The zero-order valence-corrected chi connectivity index (χ0v) is 8.90. The van der Waals surface area contributed by atoms with Gasteiger partial charge < -0.3 is 5.32 Å². The molecule has 0 radical (unpaired) electrons. The fourth-order valence-corrected chi connectivity index (χ4v) is 1.87. The average molecular weight is 234 g/mol. The number of ketones is 1. The maximum absolute atomic E-state index is 11.5. The highest BCUT2D eigenvalue weighted by Gasteiger charge is 2.19. The first-order chi connectivity index (χ1) is 5.84. The maximum Gasteiger partial charge on any atom is 0.136 e. The Morgan fingerprint density at radius 3 is 2.67 bits per heavy atom. The number of alkyl halides is 1. The van der Waals surface area contributed by atoms with Gasteiger partial charge in [-0.1, -0.05) is 15.9 Å². The van der Waals surface area contributed by atoms with Gasteiger partial charge >= 0.3 is 0 Å². The molecule has 2 nitrogen and oxygen atoms in total. The van der Waals surface area contributed by atoms with Crippen LogP contribution in [0, 0.1) is 5.92 Å². The fraction of sp³-hybridized carbons (Fsp3) is 0.889. The van der Waals surface area contributed by atoms with Crippen molar-refractivity contribution in [3.8, 4) is 0 Å². The molecule has 1 aliphatic rings. The van der Waals surface area contributed by atoms with Crippen molar-refractivity contribution in [1.29, 1.82) is 0 Å². The third-order valence-corrected chi connectivity index (χ3v) is 2.91. The van der Waals surface area contributed by atoms with Crippen molar-refractivity contribution < 1.29 is 4.79 Å². The first kappa shape index (κ1) is 10.2. The number of halogens is 1. The van der Waals surface area contributed by atoms with E-state index < -0.39 is 0 Å². The molecule has 1 aliphatic heterocycles. The van der Waals surface area contributed by atoms with Crippen LogP contribution in [0.5, 0.6) is 0 Å². The van der Waals surface area contributed by atoms with Crippen LogP contribution in [0.1, 0.15) is 25.7 Å². The molecule has 0 aromatic carbocycles. The Kier molecular flexibility index (Phi) is 4.84. The lowest BCUT2D eigenvalue weighted by Gasteiger charge is -2.21. The molecule has 0 aromatic rings. The average Bonchev–Trinajstić information content (AvgIpc) is 2.15. The van der Waals surface area contributed by atoms with Crippen LogP contribution in [-0.2, 0) is 4.79 Å². The first-order valence-electron chi connectivity index (χ1n) is 4.64. The highest BCUT2D eigenvalue weighted by molar-refractivity contribution is 9.09. The van der Waals surface area contributed by atoms with Crippen molar-refractivity contribution in [3.63, 3.8) is 0 Å². The second-order valence-corrected chi connectivity index (χ2v) is 4.08. The van der Waals surface area contributed by atoms with Gasteiger partial charge in [-0.25, -0.2) is 0 Å². The minimum atomic E-state index is 0.352. The topological polar surface area (TPSA) is 29.1 Å². The van der Waals surface area contributed by atoms with Crippen LogP contribution in [-0.4, -0.2) is 24.2 Å². The van der Waals surface area contributed by atoms with Gasteiger partial charge in [-0.2, -0.15) is 0 Å². The molecular weight excluding hydrogens is 218 g/mol. The Morgan fingerprint density at radius 1 is 1.42 bits per heavy atom. The van der Waals surface area contributed by atoms with Crippen LogP contribution < -0.4 is 5.32 Å². The fourth-order valence-electron chi connectivity index (χ4n) is 1.59. The maximum atomic E-state index is 11.5. The zero-order chi connectivity index (χ0) is 8.81. The Balaban J connectivity index is 2.20. The lowest BCUT2D eigenvalue weighted by Crippen LogP contribution is -2.31. The van der Waals surface area contributed by atoms with Crippen LogP contribution in [0.2, 0.25) is 0 Å². The Hall–Kier alpha value is 0.110. The number of hydrogen-bond donors (Lipinski definition) is 1. The van der Waals surface area contributed by atoms with Crippen molar-refractivity contribution in [1.82, 2.24) is 5.32 Å². The molecule has 0 aliphatic carbocycles. The molecule has 12 heavy (non-hydrogen) atoms. The SMILES string of the molecule is O=C(CCCBr)C1CCNCC1.